The van der Waals surface area contributed by atoms with Crippen LogP contribution in [0.1, 0.15) is 24.0 Å². The first-order chi connectivity index (χ1) is 14.0. The summed E-state index contributed by atoms with van der Waals surface area (Å²) in [6.45, 7) is 1.17. The molecule has 1 heterocycles. The van der Waals surface area contributed by atoms with Crippen molar-refractivity contribution >= 4 is 23.4 Å². The molecule has 1 aliphatic heterocycles. The molecule has 1 unspecified atom stereocenters. The Morgan fingerprint density at radius 3 is 2.62 bits per heavy atom. The summed E-state index contributed by atoms with van der Waals surface area (Å²) >= 11 is 0. The highest BCUT2D eigenvalue weighted by atomic mass is 16.2. The first-order valence-corrected chi connectivity index (χ1v) is 9.40. The quantitative estimate of drug-likeness (QED) is 0.757. The van der Waals surface area contributed by atoms with Gasteiger partial charge in [-0.2, -0.15) is 5.26 Å². The van der Waals surface area contributed by atoms with Gasteiger partial charge in [0.25, 0.3) is 0 Å². The zero-order chi connectivity index (χ0) is 20.6. The van der Waals surface area contributed by atoms with E-state index < -0.39 is 5.92 Å². The molecule has 1 atom stereocenters. The van der Waals surface area contributed by atoms with Crippen molar-refractivity contribution in [2.24, 2.45) is 5.92 Å². The van der Waals surface area contributed by atoms with Gasteiger partial charge in [-0.1, -0.05) is 42.5 Å². The number of hydrogen-bond acceptors (Lipinski definition) is 4. The number of benzene rings is 2. The van der Waals surface area contributed by atoms with Crippen LogP contribution >= 0.6 is 0 Å². The summed E-state index contributed by atoms with van der Waals surface area (Å²) in [7, 11) is 0. The van der Waals surface area contributed by atoms with E-state index in [2.05, 4.69) is 10.6 Å². The molecule has 0 spiro atoms. The van der Waals surface area contributed by atoms with E-state index in [9.17, 15) is 14.4 Å². The zero-order valence-electron chi connectivity index (χ0n) is 15.9. The third-order valence-electron chi connectivity index (χ3n) is 4.73. The highest BCUT2D eigenvalue weighted by Gasteiger charge is 2.34. The van der Waals surface area contributed by atoms with E-state index >= 15 is 0 Å². The first-order valence-electron chi connectivity index (χ1n) is 9.40. The highest BCUT2D eigenvalue weighted by Crippen LogP contribution is 2.22. The predicted molar refractivity (Wildman–Crippen MR) is 107 cm³/mol. The Morgan fingerprint density at radius 1 is 1.10 bits per heavy atom. The second kappa shape index (κ2) is 9.51. The van der Waals surface area contributed by atoms with Gasteiger partial charge in [0.2, 0.25) is 17.7 Å². The largest absolute Gasteiger partial charge is 0.351 e. The zero-order valence-corrected chi connectivity index (χ0v) is 15.9. The number of amides is 3. The van der Waals surface area contributed by atoms with Crippen molar-refractivity contribution in [3.63, 3.8) is 0 Å². The standard InChI is InChI=1S/C22H22N4O3/c23-10-9-20(27)24-13-17-7-4-8-19(11-17)25-22(29)18-12-21(28)26(15-18)14-16-5-2-1-3-6-16/h1-8,11,18H,9,12-15H2,(H,24,27)(H,25,29). The van der Waals surface area contributed by atoms with Gasteiger partial charge in [0.05, 0.1) is 12.0 Å². The van der Waals surface area contributed by atoms with Gasteiger partial charge in [-0.3, -0.25) is 14.4 Å². The lowest BCUT2D eigenvalue weighted by molar-refractivity contribution is -0.128. The van der Waals surface area contributed by atoms with E-state index in [-0.39, 0.29) is 37.1 Å². The summed E-state index contributed by atoms with van der Waals surface area (Å²) < 4.78 is 0. The topological polar surface area (TPSA) is 102 Å². The molecule has 3 amide bonds. The summed E-state index contributed by atoms with van der Waals surface area (Å²) in [4.78, 5) is 38.0. The lowest BCUT2D eigenvalue weighted by Gasteiger charge is -2.16. The number of nitrogens with one attached hydrogen (secondary N) is 2. The van der Waals surface area contributed by atoms with E-state index in [0.717, 1.165) is 11.1 Å². The highest BCUT2D eigenvalue weighted by molar-refractivity contribution is 5.97. The van der Waals surface area contributed by atoms with Crippen LogP contribution in [0, 0.1) is 17.2 Å². The summed E-state index contributed by atoms with van der Waals surface area (Å²) in [5.74, 6) is -0.961. The minimum atomic E-state index is -0.398. The maximum absolute atomic E-state index is 12.6. The molecule has 7 heteroatoms. The smallest absolute Gasteiger partial charge is 0.234 e. The van der Waals surface area contributed by atoms with E-state index in [1.54, 1.807) is 29.2 Å². The number of carbonyl (C=O) groups excluding carboxylic acids is 3. The number of nitrogens with zero attached hydrogens (tertiary/aromatic N) is 2. The Morgan fingerprint density at radius 2 is 1.86 bits per heavy atom. The van der Waals surface area contributed by atoms with E-state index in [1.807, 2.05) is 36.4 Å². The maximum Gasteiger partial charge on any atom is 0.234 e. The number of carbonyl (C=O) groups is 3. The Labute approximate surface area is 169 Å². The number of likely N-dealkylation sites (tertiary alicyclic amines) is 1. The van der Waals surface area contributed by atoms with E-state index in [0.29, 0.717) is 18.8 Å². The van der Waals surface area contributed by atoms with Gasteiger partial charge in [-0.25, -0.2) is 0 Å². The van der Waals surface area contributed by atoms with Gasteiger partial charge in [0, 0.05) is 31.7 Å². The summed E-state index contributed by atoms with van der Waals surface area (Å²) in [5.41, 5.74) is 2.45. The monoisotopic (exact) mass is 390 g/mol. The molecule has 7 nitrogen and oxygen atoms in total. The van der Waals surface area contributed by atoms with Gasteiger partial charge in [0.1, 0.15) is 6.42 Å². The van der Waals surface area contributed by atoms with Crippen LogP contribution in [0.25, 0.3) is 0 Å². The van der Waals surface area contributed by atoms with Crippen molar-refractivity contribution in [3.8, 4) is 6.07 Å². The number of anilines is 1. The Balaban J connectivity index is 1.55. The second-order valence-corrected chi connectivity index (χ2v) is 6.96. The molecule has 0 radical (unpaired) electrons. The fourth-order valence-corrected chi connectivity index (χ4v) is 3.24. The average Bonchev–Trinajstić information content (AvgIpc) is 3.08. The second-order valence-electron chi connectivity index (χ2n) is 6.96. The fourth-order valence-electron chi connectivity index (χ4n) is 3.24. The maximum atomic E-state index is 12.6. The molecule has 1 fully saturated rings. The molecule has 1 saturated heterocycles. The molecular formula is C22H22N4O3. The van der Waals surface area contributed by atoms with Gasteiger partial charge >= 0.3 is 0 Å². The van der Waals surface area contributed by atoms with Crippen LogP contribution in [-0.4, -0.2) is 29.2 Å². The van der Waals surface area contributed by atoms with Gasteiger partial charge in [-0.05, 0) is 23.3 Å². The third kappa shape index (κ3) is 5.66. The van der Waals surface area contributed by atoms with Crippen molar-refractivity contribution in [3.05, 3.63) is 65.7 Å². The Bertz CT molecular complexity index is 937. The summed E-state index contributed by atoms with van der Waals surface area (Å²) in [6, 6.07) is 18.6. The minimum Gasteiger partial charge on any atom is -0.351 e. The van der Waals surface area contributed by atoms with Crippen molar-refractivity contribution in [2.45, 2.75) is 25.9 Å². The average molecular weight is 390 g/mol. The van der Waals surface area contributed by atoms with Crippen LogP contribution in [0.3, 0.4) is 0 Å². The first kappa shape index (κ1) is 20.1. The van der Waals surface area contributed by atoms with Crippen molar-refractivity contribution in [1.29, 1.82) is 5.26 Å². The SMILES string of the molecule is N#CCC(=O)NCc1cccc(NC(=O)C2CC(=O)N(Cc3ccccc3)C2)c1. The molecule has 3 rings (SSSR count). The van der Waals surface area contributed by atoms with Crippen LogP contribution in [0.15, 0.2) is 54.6 Å². The van der Waals surface area contributed by atoms with Crippen LogP contribution in [0.5, 0.6) is 0 Å². The Hall–Kier alpha value is -3.66. The van der Waals surface area contributed by atoms with Crippen molar-refractivity contribution in [2.75, 3.05) is 11.9 Å². The predicted octanol–water partition coefficient (Wildman–Crippen LogP) is 2.20. The van der Waals surface area contributed by atoms with Crippen molar-refractivity contribution in [1.82, 2.24) is 10.2 Å². The van der Waals surface area contributed by atoms with E-state index in [1.165, 1.54) is 0 Å². The number of rotatable bonds is 7. The molecule has 0 aliphatic carbocycles. The third-order valence-corrected chi connectivity index (χ3v) is 4.73. The summed E-state index contributed by atoms with van der Waals surface area (Å²) in [6.07, 6.45) is 0.00813. The van der Waals surface area contributed by atoms with E-state index in [4.69, 9.17) is 5.26 Å². The van der Waals surface area contributed by atoms with Gasteiger partial charge in [0.15, 0.2) is 0 Å². The molecule has 2 aromatic rings. The normalized spacial score (nSPS) is 15.6. The lowest BCUT2D eigenvalue weighted by atomic mass is 10.1. The molecule has 0 bridgehead atoms. The van der Waals surface area contributed by atoms with Crippen LogP contribution in [0.4, 0.5) is 5.69 Å². The van der Waals surface area contributed by atoms with Gasteiger partial charge in [-0.15, -0.1) is 0 Å². The van der Waals surface area contributed by atoms with Crippen molar-refractivity contribution < 1.29 is 14.4 Å². The molecular weight excluding hydrogens is 368 g/mol. The minimum absolute atomic E-state index is 0.0250. The summed E-state index contributed by atoms with van der Waals surface area (Å²) in [5, 5.41) is 14.0. The fraction of sp³-hybridized carbons (Fsp3) is 0.273. The molecule has 0 saturated carbocycles. The number of nitriles is 1. The molecule has 2 N–H and O–H groups in total. The molecule has 1 aliphatic rings. The van der Waals surface area contributed by atoms with Crippen LogP contribution in [-0.2, 0) is 27.5 Å². The van der Waals surface area contributed by atoms with Crippen LogP contribution in [0.2, 0.25) is 0 Å². The Kier molecular flexibility index (Phi) is 6.59. The molecule has 0 aromatic heterocycles. The lowest BCUT2D eigenvalue weighted by Crippen LogP contribution is -2.28. The van der Waals surface area contributed by atoms with Gasteiger partial charge < -0.3 is 15.5 Å². The molecule has 29 heavy (non-hydrogen) atoms. The molecule has 2 aromatic carbocycles. The van der Waals surface area contributed by atoms with Crippen LogP contribution < -0.4 is 10.6 Å². The number of hydrogen-bond donors (Lipinski definition) is 2. The molecule has 148 valence electrons.